The van der Waals surface area contributed by atoms with Crippen LogP contribution in [0.5, 0.6) is 11.5 Å². The second-order valence-corrected chi connectivity index (χ2v) is 9.69. The van der Waals surface area contributed by atoms with Gasteiger partial charge in [0.05, 0.1) is 24.7 Å². The second-order valence-electron chi connectivity index (χ2n) is 7.92. The van der Waals surface area contributed by atoms with Crippen molar-refractivity contribution in [3.05, 3.63) is 53.6 Å². The fourth-order valence-corrected chi connectivity index (χ4v) is 4.98. The molecule has 0 unspecified atom stereocenters. The molecule has 0 bridgehead atoms. The van der Waals surface area contributed by atoms with Crippen molar-refractivity contribution in [3.8, 4) is 11.5 Å². The topological polar surface area (TPSA) is 84.9 Å². The van der Waals surface area contributed by atoms with Gasteiger partial charge in [-0.15, -0.1) is 0 Å². The van der Waals surface area contributed by atoms with Gasteiger partial charge in [-0.05, 0) is 61.6 Å². The van der Waals surface area contributed by atoms with E-state index in [2.05, 4.69) is 4.72 Å². The number of hydrogen-bond acceptors (Lipinski definition) is 5. The number of carbonyl (C=O) groups is 1. The Morgan fingerprint density at radius 3 is 2.44 bits per heavy atom. The first-order valence-electron chi connectivity index (χ1n) is 11.0. The van der Waals surface area contributed by atoms with Gasteiger partial charge in [-0.1, -0.05) is 25.0 Å². The van der Waals surface area contributed by atoms with Crippen LogP contribution in [0.25, 0.3) is 0 Å². The summed E-state index contributed by atoms with van der Waals surface area (Å²) in [5.41, 5.74) is 1.37. The van der Waals surface area contributed by atoms with Crippen LogP contribution in [0.1, 0.15) is 48.0 Å². The Hall–Kier alpha value is -2.58. The van der Waals surface area contributed by atoms with E-state index in [4.69, 9.17) is 9.47 Å². The van der Waals surface area contributed by atoms with Gasteiger partial charge in [-0.3, -0.25) is 4.79 Å². The van der Waals surface area contributed by atoms with Gasteiger partial charge in [0.2, 0.25) is 10.0 Å². The van der Waals surface area contributed by atoms with Crippen LogP contribution in [0.2, 0.25) is 0 Å². The third kappa shape index (κ3) is 6.23. The summed E-state index contributed by atoms with van der Waals surface area (Å²) < 4.78 is 38.9. The number of benzene rings is 2. The van der Waals surface area contributed by atoms with Crippen LogP contribution in [0, 0.1) is 0 Å². The Bertz CT molecular complexity index is 1010. The van der Waals surface area contributed by atoms with Crippen LogP contribution < -0.4 is 14.2 Å². The van der Waals surface area contributed by atoms with Crippen LogP contribution in [0.4, 0.5) is 0 Å². The Labute approximate surface area is 190 Å². The zero-order valence-corrected chi connectivity index (χ0v) is 19.6. The Balaban J connectivity index is 1.67. The molecular formula is C24H32N2O5S. The van der Waals surface area contributed by atoms with E-state index >= 15 is 0 Å². The smallest absolute Gasteiger partial charge is 0.257 e. The average Bonchev–Trinajstić information content (AvgIpc) is 3.11. The molecule has 1 fully saturated rings. The van der Waals surface area contributed by atoms with Gasteiger partial charge in [-0.25, -0.2) is 13.1 Å². The summed E-state index contributed by atoms with van der Waals surface area (Å²) in [5.74, 6) is 0.984. The fourth-order valence-electron chi connectivity index (χ4n) is 3.88. The van der Waals surface area contributed by atoms with Crippen LogP contribution in [0.15, 0.2) is 47.4 Å². The third-order valence-corrected chi connectivity index (χ3v) is 7.13. The number of aryl methyl sites for hydroxylation is 1. The molecule has 1 saturated heterocycles. The van der Waals surface area contributed by atoms with Gasteiger partial charge in [0, 0.05) is 19.6 Å². The number of likely N-dealkylation sites (tertiary alicyclic amines) is 1. The summed E-state index contributed by atoms with van der Waals surface area (Å²) >= 11 is 0. The van der Waals surface area contributed by atoms with Crippen molar-refractivity contribution in [2.24, 2.45) is 0 Å². The normalized spacial score (nSPS) is 14.6. The molecule has 2 aromatic carbocycles. The highest BCUT2D eigenvalue weighted by atomic mass is 32.2. The lowest BCUT2D eigenvalue weighted by atomic mass is 10.1. The van der Waals surface area contributed by atoms with Gasteiger partial charge in [-0.2, -0.15) is 0 Å². The second kappa shape index (κ2) is 11.3. The van der Waals surface area contributed by atoms with Gasteiger partial charge in [0.15, 0.2) is 0 Å². The van der Waals surface area contributed by atoms with Gasteiger partial charge < -0.3 is 14.4 Å². The molecule has 1 amide bonds. The van der Waals surface area contributed by atoms with E-state index in [1.165, 1.54) is 19.2 Å². The zero-order valence-electron chi connectivity index (χ0n) is 18.8. The molecule has 0 saturated carbocycles. The van der Waals surface area contributed by atoms with Gasteiger partial charge in [0.1, 0.15) is 11.5 Å². The minimum atomic E-state index is -3.75. The number of ether oxygens (including phenoxy) is 2. The van der Waals surface area contributed by atoms with Crippen molar-refractivity contribution in [2.45, 2.75) is 43.4 Å². The summed E-state index contributed by atoms with van der Waals surface area (Å²) in [6.07, 6.45) is 5.49. The quantitative estimate of drug-likeness (QED) is 0.578. The Morgan fingerprint density at radius 1 is 1.00 bits per heavy atom. The minimum absolute atomic E-state index is 0.0675. The largest absolute Gasteiger partial charge is 0.497 e. The summed E-state index contributed by atoms with van der Waals surface area (Å²) in [6, 6.07) is 12.2. The fraction of sp³-hybridized carbons (Fsp3) is 0.458. The molecular weight excluding hydrogens is 428 g/mol. The maximum atomic E-state index is 13.1. The molecule has 2 aromatic rings. The van der Waals surface area contributed by atoms with Gasteiger partial charge >= 0.3 is 0 Å². The lowest BCUT2D eigenvalue weighted by Gasteiger charge is -2.22. The predicted octanol–water partition coefficient (Wildman–Crippen LogP) is 3.63. The van der Waals surface area contributed by atoms with Gasteiger partial charge in [0.25, 0.3) is 5.91 Å². The molecule has 0 radical (unpaired) electrons. The van der Waals surface area contributed by atoms with Crippen LogP contribution in [-0.2, 0) is 16.4 Å². The van der Waals surface area contributed by atoms with Crippen molar-refractivity contribution in [1.82, 2.24) is 9.62 Å². The van der Waals surface area contributed by atoms with E-state index in [9.17, 15) is 13.2 Å². The Kier molecular flexibility index (Phi) is 8.53. The summed E-state index contributed by atoms with van der Waals surface area (Å²) in [4.78, 5) is 15.0. The number of hydrogen-bond donors (Lipinski definition) is 1. The van der Waals surface area contributed by atoms with E-state index in [0.29, 0.717) is 31.8 Å². The number of methoxy groups -OCH3 is 2. The molecule has 1 heterocycles. The highest BCUT2D eigenvalue weighted by Crippen LogP contribution is 2.25. The predicted molar refractivity (Wildman–Crippen MR) is 124 cm³/mol. The SMILES string of the molecule is COc1cccc(CCCNS(=O)(=O)c2ccc(OC)c(C(=O)N3CCCCCC3)c2)c1. The standard InChI is InChI=1S/C24H32N2O5S/c1-30-20-11-7-9-19(17-20)10-8-14-25-32(28,29)21-12-13-23(31-2)22(18-21)24(27)26-15-5-3-4-6-16-26/h7,9,11-13,17-18,25H,3-6,8,10,14-16H2,1-2H3. The maximum absolute atomic E-state index is 13.1. The van der Waals surface area contributed by atoms with Crippen LogP contribution >= 0.6 is 0 Å². The summed E-state index contributed by atoms with van der Waals surface area (Å²) in [6.45, 7) is 1.66. The van der Waals surface area contributed by atoms with Crippen LogP contribution in [0.3, 0.4) is 0 Å². The number of rotatable bonds is 9. The number of nitrogens with one attached hydrogen (secondary N) is 1. The lowest BCUT2D eigenvalue weighted by molar-refractivity contribution is 0.0758. The van der Waals surface area contributed by atoms with E-state index in [1.54, 1.807) is 18.1 Å². The van der Waals surface area contributed by atoms with E-state index in [-0.39, 0.29) is 16.4 Å². The molecule has 0 atom stereocenters. The van der Waals surface area contributed by atoms with Crippen LogP contribution in [-0.4, -0.2) is 53.1 Å². The highest BCUT2D eigenvalue weighted by molar-refractivity contribution is 7.89. The third-order valence-electron chi connectivity index (χ3n) is 5.67. The molecule has 174 valence electrons. The van der Waals surface area contributed by atoms with Crippen molar-refractivity contribution in [2.75, 3.05) is 33.9 Å². The lowest BCUT2D eigenvalue weighted by Crippen LogP contribution is -2.32. The van der Waals surface area contributed by atoms with E-state index in [0.717, 1.165) is 43.4 Å². The molecule has 0 spiro atoms. The average molecular weight is 461 g/mol. The summed E-state index contributed by atoms with van der Waals surface area (Å²) in [7, 11) is -0.643. The molecule has 1 aliphatic rings. The van der Waals surface area contributed by atoms with Crippen molar-refractivity contribution >= 4 is 15.9 Å². The molecule has 1 N–H and O–H groups in total. The number of carbonyl (C=O) groups excluding carboxylic acids is 1. The Morgan fingerprint density at radius 2 is 1.75 bits per heavy atom. The first-order chi connectivity index (χ1) is 15.4. The first-order valence-corrected chi connectivity index (χ1v) is 12.5. The van der Waals surface area contributed by atoms with Crippen molar-refractivity contribution < 1.29 is 22.7 Å². The van der Waals surface area contributed by atoms with E-state index < -0.39 is 10.0 Å². The first kappa shape index (κ1) is 24.1. The molecule has 0 aliphatic carbocycles. The van der Waals surface area contributed by atoms with E-state index in [1.807, 2.05) is 24.3 Å². The molecule has 8 heteroatoms. The monoisotopic (exact) mass is 460 g/mol. The summed E-state index contributed by atoms with van der Waals surface area (Å²) in [5, 5.41) is 0. The molecule has 7 nitrogen and oxygen atoms in total. The number of nitrogens with zero attached hydrogens (tertiary/aromatic N) is 1. The van der Waals surface area contributed by atoms with Crippen molar-refractivity contribution in [3.63, 3.8) is 0 Å². The number of amides is 1. The highest BCUT2D eigenvalue weighted by Gasteiger charge is 2.24. The molecule has 3 rings (SSSR count). The van der Waals surface area contributed by atoms with Crippen molar-refractivity contribution in [1.29, 1.82) is 0 Å². The zero-order chi connectivity index (χ0) is 23.0. The number of sulfonamides is 1. The molecule has 32 heavy (non-hydrogen) atoms. The molecule has 1 aliphatic heterocycles. The maximum Gasteiger partial charge on any atom is 0.257 e. The minimum Gasteiger partial charge on any atom is -0.497 e. The molecule has 0 aromatic heterocycles.